The second-order valence-corrected chi connectivity index (χ2v) is 7.36. The minimum absolute atomic E-state index is 0.00793. The number of carbonyl (C=O) groups excluding carboxylic acids is 1. The molecule has 1 aliphatic heterocycles. The second kappa shape index (κ2) is 7.73. The lowest BCUT2D eigenvalue weighted by molar-refractivity contribution is 0.0950. The van der Waals surface area contributed by atoms with Gasteiger partial charge in [-0.2, -0.15) is 0 Å². The molecule has 132 valence electrons. The Morgan fingerprint density at radius 2 is 1.92 bits per heavy atom. The largest absolute Gasteiger partial charge is 0.371 e. The molecule has 3 nitrogen and oxygen atoms in total. The predicted octanol–water partition coefficient (Wildman–Crippen LogP) is 4.47. The van der Waals surface area contributed by atoms with Crippen LogP contribution >= 0.6 is 0 Å². The molecule has 1 saturated heterocycles. The maximum Gasteiger partial charge on any atom is 0.251 e. The fourth-order valence-corrected chi connectivity index (χ4v) is 3.59. The van der Waals surface area contributed by atoms with Gasteiger partial charge in [-0.25, -0.2) is 0 Å². The molecule has 1 amide bonds. The molecule has 1 atom stereocenters. The molecule has 3 rings (SSSR count). The normalized spacial score (nSPS) is 17.4. The van der Waals surface area contributed by atoms with Crippen molar-refractivity contribution in [2.45, 2.75) is 40.2 Å². The molecule has 1 fully saturated rings. The Balaban J connectivity index is 1.59. The molecule has 0 spiro atoms. The Morgan fingerprint density at radius 3 is 2.60 bits per heavy atom. The van der Waals surface area contributed by atoms with Crippen LogP contribution in [0.4, 0.5) is 5.69 Å². The van der Waals surface area contributed by atoms with Gasteiger partial charge in [0, 0.05) is 30.9 Å². The molecule has 0 bridgehead atoms. The van der Waals surface area contributed by atoms with Gasteiger partial charge in [0.25, 0.3) is 5.91 Å². The summed E-state index contributed by atoms with van der Waals surface area (Å²) in [5.74, 6) is 0.761. The van der Waals surface area contributed by atoms with E-state index in [0.717, 1.165) is 35.7 Å². The van der Waals surface area contributed by atoms with E-state index in [4.69, 9.17) is 0 Å². The number of piperidine rings is 1. The van der Waals surface area contributed by atoms with E-state index in [0.29, 0.717) is 6.54 Å². The van der Waals surface area contributed by atoms with Crippen LogP contribution in [-0.2, 0) is 6.54 Å². The van der Waals surface area contributed by atoms with Gasteiger partial charge in [-0.1, -0.05) is 36.8 Å². The summed E-state index contributed by atoms with van der Waals surface area (Å²) in [6, 6.07) is 14.5. The van der Waals surface area contributed by atoms with E-state index < -0.39 is 0 Å². The molecule has 1 aliphatic rings. The topological polar surface area (TPSA) is 32.3 Å². The van der Waals surface area contributed by atoms with Crippen molar-refractivity contribution in [3.05, 3.63) is 64.7 Å². The van der Waals surface area contributed by atoms with Crippen molar-refractivity contribution in [3.63, 3.8) is 0 Å². The molecular formula is C22H28N2O. The molecule has 3 heteroatoms. The van der Waals surface area contributed by atoms with Crippen LogP contribution in [-0.4, -0.2) is 19.0 Å². The van der Waals surface area contributed by atoms with Crippen molar-refractivity contribution in [1.29, 1.82) is 0 Å². The van der Waals surface area contributed by atoms with Gasteiger partial charge in [-0.15, -0.1) is 0 Å². The first-order valence-corrected chi connectivity index (χ1v) is 9.22. The number of hydrogen-bond acceptors (Lipinski definition) is 2. The second-order valence-electron chi connectivity index (χ2n) is 7.36. The van der Waals surface area contributed by atoms with E-state index >= 15 is 0 Å². The summed E-state index contributed by atoms with van der Waals surface area (Å²) in [4.78, 5) is 14.8. The minimum Gasteiger partial charge on any atom is -0.371 e. The summed E-state index contributed by atoms with van der Waals surface area (Å²) in [5, 5.41) is 3.03. The van der Waals surface area contributed by atoms with Gasteiger partial charge in [-0.3, -0.25) is 4.79 Å². The Hall–Kier alpha value is -2.29. The van der Waals surface area contributed by atoms with Crippen LogP contribution in [0.3, 0.4) is 0 Å². The number of nitrogens with one attached hydrogen (secondary N) is 1. The highest BCUT2D eigenvalue weighted by molar-refractivity contribution is 5.95. The number of aryl methyl sites for hydroxylation is 2. The fraction of sp³-hybridized carbons (Fsp3) is 0.409. The molecule has 2 aromatic carbocycles. The van der Waals surface area contributed by atoms with Gasteiger partial charge < -0.3 is 10.2 Å². The van der Waals surface area contributed by atoms with Gasteiger partial charge in [-0.05, 0) is 61.9 Å². The minimum atomic E-state index is -0.00793. The lowest BCUT2D eigenvalue weighted by Gasteiger charge is -2.32. The summed E-state index contributed by atoms with van der Waals surface area (Å²) in [5.41, 5.74) is 5.37. The lowest BCUT2D eigenvalue weighted by atomic mass is 9.99. The first-order valence-electron chi connectivity index (χ1n) is 9.22. The van der Waals surface area contributed by atoms with Gasteiger partial charge in [0.1, 0.15) is 0 Å². The van der Waals surface area contributed by atoms with Gasteiger partial charge >= 0.3 is 0 Å². The first-order chi connectivity index (χ1) is 12.0. The van der Waals surface area contributed by atoms with Crippen LogP contribution in [0.1, 0.15) is 46.8 Å². The number of carbonyl (C=O) groups is 1. The number of benzene rings is 2. The zero-order valence-corrected chi connectivity index (χ0v) is 15.5. The Labute approximate surface area is 151 Å². The quantitative estimate of drug-likeness (QED) is 0.893. The third-order valence-electron chi connectivity index (χ3n) is 5.04. The van der Waals surface area contributed by atoms with Crippen LogP contribution in [0.2, 0.25) is 0 Å². The highest BCUT2D eigenvalue weighted by Gasteiger charge is 2.16. The fourth-order valence-electron chi connectivity index (χ4n) is 3.59. The van der Waals surface area contributed by atoms with Crippen LogP contribution in [0, 0.1) is 19.8 Å². The van der Waals surface area contributed by atoms with Gasteiger partial charge in [0.15, 0.2) is 0 Å². The zero-order chi connectivity index (χ0) is 17.8. The molecule has 0 radical (unpaired) electrons. The number of hydrogen-bond donors (Lipinski definition) is 1. The van der Waals surface area contributed by atoms with Crippen molar-refractivity contribution in [3.8, 4) is 0 Å². The molecule has 0 aromatic heterocycles. The van der Waals surface area contributed by atoms with Crippen molar-refractivity contribution in [1.82, 2.24) is 5.32 Å². The Bertz CT molecular complexity index is 736. The summed E-state index contributed by atoms with van der Waals surface area (Å²) in [7, 11) is 0. The number of rotatable bonds is 4. The Kier molecular flexibility index (Phi) is 5.42. The highest BCUT2D eigenvalue weighted by atomic mass is 16.1. The highest BCUT2D eigenvalue weighted by Crippen LogP contribution is 2.23. The maximum atomic E-state index is 12.4. The van der Waals surface area contributed by atoms with E-state index in [2.05, 4.69) is 41.4 Å². The van der Waals surface area contributed by atoms with E-state index in [1.165, 1.54) is 24.1 Å². The van der Waals surface area contributed by atoms with E-state index in [1.54, 1.807) is 0 Å². The SMILES string of the molecule is Cc1ccc(C(=O)NCc2ccc(N3CCC[C@H](C)C3)cc2)c(C)c1. The summed E-state index contributed by atoms with van der Waals surface area (Å²) in [6.07, 6.45) is 2.61. The lowest BCUT2D eigenvalue weighted by Crippen LogP contribution is -2.34. The van der Waals surface area contributed by atoms with Crippen LogP contribution < -0.4 is 10.2 Å². The number of nitrogens with zero attached hydrogens (tertiary/aromatic N) is 1. The summed E-state index contributed by atoms with van der Waals surface area (Å²) >= 11 is 0. The van der Waals surface area contributed by atoms with Crippen LogP contribution in [0.5, 0.6) is 0 Å². The first kappa shape index (κ1) is 17.5. The van der Waals surface area contributed by atoms with E-state index in [-0.39, 0.29) is 5.91 Å². The van der Waals surface area contributed by atoms with Crippen molar-refractivity contribution < 1.29 is 4.79 Å². The van der Waals surface area contributed by atoms with Gasteiger partial charge in [0.05, 0.1) is 0 Å². The average molecular weight is 336 g/mol. The molecule has 0 unspecified atom stereocenters. The third kappa shape index (κ3) is 4.41. The number of amides is 1. The standard InChI is InChI=1S/C22H28N2O/c1-16-6-11-21(18(3)13-16)22(25)23-14-19-7-9-20(10-8-19)24-12-4-5-17(2)15-24/h6-11,13,17H,4-5,12,14-15H2,1-3H3,(H,23,25)/t17-/m0/s1. The monoisotopic (exact) mass is 336 g/mol. The molecule has 25 heavy (non-hydrogen) atoms. The maximum absolute atomic E-state index is 12.4. The van der Waals surface area contributed by atoms with Crippen molar-refractivity contribution in [2.75, 3.05) is 18.0 Å². The summed E-state index contributed by atoms with van der Waals surface area (Å²) < 4.78 is 0. The predicted molar refractivity (Wildman–Crippen MR) is 104 cm³/mol. The van der Waals surface area contributed by atoms with Crippen molar-refractivity contribution >= 4 is 11.6 Å². The molecule has 1 heterocycles. The van der Waals surface area contributed by atoms with Crippen molar-refractivity contribution in [2.24, 2.45) is 5.92 Å². The van der Waals surface area contributed by atoms with E-state index in [1.807, 2.05) is 32.0 Å². The van der Waals surface area contributed by atoms with E-state index in [9.17, 15) is 4.79 Å². The molecule has 0 aliphatic carbocycles. The smallest absolute Gasteiger partial charge is 0.251 e. The van der Waals surface area contributed by atoms with Crippen LogP contribution in [0.25, 0.3) is 0 Å². The molecule has 2 aromatic rings. The summed E-state index contributed by atoms with van der Waals surface area (Å²) in [6.45, 7) is 9.19. The van der Waals surface area contributed by atoms with Crippen LogP contribution in [0.15, 0.2) is 42.5 Å². The third-order valence-corrected chi connectivity index (χ3v) is 5.04. The average Bonchev–Trinajstić information content (AvgIpc) is 2.60. The Morgan fingerprint density at radius 1 is 1.16 bits per heavy atom. The number of anilines is 1. The van der Waals surface area contributed by atoms with Gasteiger partial charge in [0.2, 0.25) is 0 Å². The molecule has 1 N–H and O–H groups in total. The molecular weight excluding hydrogens is 308 g/mol. The zero-order valence-electron chi connectivity index (χ0n) is 15.5. The molecule has 0 saturated carbocycles.